The molecule has 0 radical (unpaired) electrons. The zero-order valence-electron chi connectivity index (χ0n) is 11.4. The van der Waals surface area contributed by atoms with E-state index in [-0.39, 0.29) is 24.8 Å². The molecule has 0 spiro atoms. The molecule has 1 aromatic heterocycles. The predicted molar refractivity (Wildman–Crippen MR) is 88.0 cm³/mol. The van der Waals surface area contributed by atoms with E-state index >= 15 is 0 Å². The Morgan fingerprint density at radius 2 is 1.58 bits per heavy atom. The second-order valence-electron chi connectivity index (χ2n) is 4.56. The number of anilines is 1. The molecule has 0 aromatic carbocycles. The average molecular weight is 372 g/mol. The number of nitrogens with zero attached hydrogens (tertiary/aromatic N) is 3. The molecule has 1 aliphatic rings. The van der Waals surface area contributed by atoms with Crippen LogP contribution in [0.5, 0.6) is 0 Å². The van der Waals surface area contributed by atoms with Gasteiger partial charge >= 0.3 is 0 Å². The summed E-state index contributed by atoms with van der Waals surface area (Å²) in [5.74, 6) is 0.873. The lowest BCUT2D eigenvalue weighted by Gasteiger charge is -2.32. The number of aryl methyl sites for hydroxylation is 2. The Labute approximate surface area is 135 Å². The zero-order chi connectivity index (χ0) is 12.4. The number of hydrogen-bond acceptors (Lipinski definition) is 4. The van der Waals surface area contributed by atoms with Crippen LogP contribution in [0.3, 0.4) is 0 Å². The van der Waals surface area contributed by atoms with E-state index in [4.69, 9.17) is 0 Å². The second kappa shape index (κ2) is 8.25. The third kappa shape index (κ3) is 4.45. The van der Waals surface area contributed by atoms with E-state index in [0.29, 0.717) is 6.04 Å². The van der Waals surface area contributed by atoms with Gasteiger partial charge < -0.3 is 10.2 Å². The maximum absolute atomic E-state index is 4.56. The summed E-state index contributed by atoms with van der Waals surface area (Å²) in [6.07, 6.45) is 2.32. The van der Waals surface area contributed by atoms with Crippen molar-refractivity contribution in [2.75, 3.05) is 25.0 Å². The van der Waals surface area contributed by atoms with Gasteiger partial charge in [-0.25, -0.2) is 9.97 Å². The standard InChI is InChI=1S/C12H19BrN4.2ClH/c1-8-11(13)9(2)16-12(15-8)17-6-4-10(14-3)5-7-17;;/h10,14H,4-7H2,1-3H3;2*1H. The largest absolute Gasteiger partial charge is 0.341 e. The van der Waals surface area contributed by atoms with Crippen molar-refractivity contribution in [3.05, 3.63) is 15.9 Å². The Balaban J connectivity index is 0.00000162. The Morgan fingerprint density at radius 1 is 1.11 bits per heavy atom. The highest BCUT2D eigenvalue weighted by atomic mass is 79.9. The third-order valence-electron chi connectivity index (χ3n) is 3.36. The van der Waals surface area contributed by atoms with E-state index in [9.17, 15) is 0 Å². The first-order valence-corrected chi connectivity index (χ1v) is 6.84. The first-order chi connectivity index (χ1) is 8.11. The number of piperidine rings is 1. The molecular formula is C12H21BrCl2N4. The summed E-state index contributed by atoms with van der Waals surface area (Å²) in [6.45, 7) is 6.10. The van der Waals surface area contributed by atoms with Crippen molar-refractivity contribution in [1.82, 2.24) is 15.3 Å². The van der Waals surface area contributed by atoms with Crippen molar-refractivity contribution in [2.45, 2.75) is 32.7 Å². The fourth-order valence-corrected chi connectivity index (χ4v) is 2.37. The van der Waals surface area contributed by atoms with Gasteiger partial charge in [-0.1, -0.05) is 0 Å². The average Bonchev–Trinajstić information content (AvgIpc) is 2.35. The molecule has 1 aliphatic heterocycles. The Hall–Kier alpha value is -0.100. The van der Waals surface area contributed by atoms with Gasteiger partial charge in [-0.15, -0.1) is 24.8 Å². The van der Waals surface area contributed by atoms with Gasteiger partial charge in [0.25, 0.3) is 0 Å². The number of halogens is 3. The van der Waals surface area contributed by atoms with E-state index in [1.807, 2.05) is 20.9 Å². The second-order valence-corrected chi connectivity index (χ2v) is 5.35. The molecule has 1 aromatic rings. The van der Waals surface area contributed by atoms with Crippen molar-refractivity contribution >= 4 is 46.7 Å². The van der Waals surface area contributed by atoms with Gasteiger partial charge in [0.1, 0.15) is 0 Å². The van der Waals surface area contributed by atoms with Crippen LogP contribution in [0.1, 0.15) is 24.2 Å². The van der Waals surface area contributed by atoms with E-state index in [2.05, 4.69) is 36.1 Å². The predicted octanol–water partition coefficient (Wildman–Crippen LogP) is 2.89. The number of rotatable bonds is 2. The Kier molecular flexibility index (Phi) is 8.20. The van der Waals surface area contributed by atoms with E-state index < -0.39 is 0 Å². The number of hydrogen-bond donors (Lipinski definition) is 1. The lowest BCUT2D eigenvalue weighted by Crippen LogP contribution is -2.42. The van der Waals surface area contributed by atoms with Gasteiger partial charge in [0.2, 0.25) is 5.95 Å². The highest BCUT2D eigenvalue weighted by Gasteiger charge is 2.20. The van der Waals surface area contributed by atoms with Gasteiger partial charge in [-0.2, -0.15) is 0 Å². The van der Waals surface area contributed by atoms with Gasteiger partial charge in [-0.05, 0) is 49.7 Å². The summed E-state index contributed by atoms with van der Waals surface area (Å²) < 4.78 is 1.02. The molecule has 19 heavy (non-hydrogen) atoms. The van der Waals surface area contributed by atoms with Crippen LogP contribution in [0.15, 0.2) is 4.47 Å². The van der Waals surface area contributed by atoms with Gasteiger partial charge in [0, 0.05) is 19.1 Å². The first kappa shape index (κ1) is 18.9. The quantitative estimate of drug-likeness (QED) is 0.867. The van der Waals surface area contributed by atoms with Crippen molar-refractivity contribution in [1.29, 1.82) is 0 Å². The number of nitrogens with one attached hydrogen (secondary N) is 1. The van der Waals surface area contributed by atoms with Crippen molar-refractivity contribution < 1.29 is 0 Å². The molecule has 7 heteroatoms. The van der Waals surface area contributed by atoms with Crippen molar-refractivity contribution in [2.24, 2.45) is 0 Å². The minimum atomic E-state index is 0. The van der Waals surface area contributed by atoms with E-state index in [1.165, 1.54) is 0 Å². The minimum absolute atomic E-state index is 0. The Morgan fingerprint density at radius 3 is 2.00 bits per heavy atom. The van der Waals surface area contributed by atoms with Crippen LogP contribution in [0.4, 0.5) is 5.95 Å². The molecule has 4 nitrogen and oxygen atoms in total. The third-order valence-corrected chi connectivity index (χ3v) is 4.50. The van der Waals surface area contributed by atoms with Crippen LogP contribution >= 0.6 is 40.7 Å². The highest BCUT2D eigenvalue weighted by molar-refractivity contribution is 9.10. The van der Waals surface area contributed by atoms with Crippen molar-refractivity contribution in [3.8, 4) is 0 Å². The Bertz CT molecular complexity index is 386. The summed E-state index contributed by atoms with van der Waals surface area (Å²) >= 11 is 3.50. The molecule has 1 N–H and O–H groups in total. The zero-order valence-corrected chi connectivity index (χ0v) is 14.7. The summed E-state index contributed by atoms with van der Waals surface area (Å²) in [5.41, 5.74) is 2.03. The molecule has 1 saturated heterocycles. The maximum atomic E-state index is 4.56. The minimum Gasteiger partial charge on any atom is -0.341 e. The smallest absolute Gasteiger partial charge is 0.225 e. The van der Waals surface area contributed by atoms with Gasteiger partial charge in [-0.3, -0.25) is 0 Å². The molecule has 2 rings (SSSR count). The molecule has 0 aliphatic carbocycles. The maximum Gasteiger partial charge on any atom is 0.225 e. The lowest BCUT2D eigenvalue weighted by atomic mass is 10.1. The molecule has 0 saturated carbocycles. The van der Waals surface area contributed by atoms with E-state index in [1.54, 1.807) is 0 Å². The monoisotopic (exact) mass is 370 g/mol. The molecule has 0 unspecified atom stereocenters. The van der Waals surface area contributed by atoms with E-state index in [0.717, 1.165) is 47.7 Å². The molecule has 0 bridgehead atoms. The number of aromatic nitrogens is 2. The molecular weight excluding hydrogens is 351 g/mol. The lowest BCUT2D eigenvalue weighted by molar-refractivity contribution is 0.438. The van der Waals surface area contributed by atoms with Crippen LogP contribution in [-0.2, 0) is 0 Å². The van der Waals surface area contributed by atoms with Gasteiger partial charge in [0.15, 0.2) is 0 Å². The normalized spacial score (nSPS) is 15.7. The van der Waals surface area contributed by atoms with Crippen LogP contribution in [0, 0.1) is 13.8 Å². The first-order valence-electron chi connectivity index (χ1n) is 6.04. The molecule has 1 fully saturated rings. The fourth-order valence-electron chi connectivity index (χ4n) is 2.19. The summed E-state index contributed by atoms with van der Waals surface area (Å²) in [6, 6.07) is 0.642. The molecule has 110 valence electrons. The van der Waals surface area contributed by atoms with Crippen molar-refractivity contribution in [3.63, 3.8) is 0 Å². The van der Waals surface area contributed by atoms with Crippen LogP contribution in [-0.4, -0.2) is 36.1 Å². The summed E-state index contributed by atoms with van der Waals surface area (Å²) in [4.78, 5) is 11.4. The molecule has 0 amide bonds. The van der Waals surface area contributed by atoms with Crippen LogP contribution in [0.2, 0.25) is 0 Å². The van der Waals surface area contributed by atoms with Crippen LogP contribution < -0.4 is 10.2 Å². The highest BCUT2D eigenvalue weighted by Crippen LogP contribution is 2.22. The SMILES string of the molecule is CNC1CCN(c2nc(C)c(Br)c(C)n2)CC1.Cl.Cl. The molecule has 2 heterocycles. The van der Waals surface area contributed by atoms with Gasteiger partial charge in [0.05, 0.1) is 15.9 Å². The topological polar surface area (TPSA) is 41.0 Å². The van der Waals surface area contributed by atoms with Crippen LogP contribution in [0.25, 0.3) is 0 Å². The fraction of sp³-hybridized carbons (Fsp3) is 0.667. The summed E-state index contributed by atoms with van der Waals surface area (Å²) in [7, 11) is 2.03. The summed E-state index contributed by atoms with van der Waals surface area (Å²) in [5, 5.41) is 3.33. The molecule has 0 atom stereocenters.